The van der Waals surface area contributed by atoms with Crippen molar-refractivity contribution in [1.82, 2.24) is 14.9 Å². The van der Waals surface area contributed by atoms with E-state index in [1.165, 1.54) is 12.1 Å². The number of benzene rings is 1. The summed E-state index contributed by atoms with van der Waals surface area (Å²) in [7, 11) is 0. The van der Waals surface area contributed by atoms with Gasteiger partial charge in [-0.15, -0.1) is 0 Å². The van der Waals surface area contributed by atoms with Crippen molar-refractivity contribution in [3.05, 3.63) is 60.3 Å². The average molecular weight is 341 g/mol. The minimum absolute atomic E-state index is 0.0240. The van der Waals surface area contributed by atoms with Gasteiger partial charge in [0.05, 0.1) is 0 Å². The lowest BCUT2D eigenvalue weighted by molar-refractivity contribution is -0.124. The molecular weight excluding hydrogens is 317 g/mol. The van der Waals surface area contributed by atoms with Crippen molar-refractivity contribution in [2.75, 3.05) is 6.54 Å². The number of aromatic nitrogens is 2. The summed E-state index contributed by atoms with van der Waals surface area (Å²) in [5, 5.41) is 3.90. The summed E-state index contributed by atoms with van der Waals surface area (Å²) in [5.74, 6) is 0.202. The van der Waals surface area contributed by atoms with E-state index in [0.717, 1.165) is 22.9 Å². The van der Waals surface area contributed by atoms with Gasteiger partial charge < -0.3 is 14.9 Å². The first-order valence-electron chi connectivity index (χ1n) is 8.70. The highest BCUT2D eigenvalue weighted by Gasteiger charge is 2.20. The van der Waals surface area contributed by atoms with Crippen LogP contribution in [0.2, 0.25) is 0 Å². The Labute approximate surface area is 147 Å². The van der Waals surface area contributed by atoms with E-state index in [1.54, 1.807) is 6.07 Å². The summed E-state index contributed by atoms with van der Waals surface area (Å²) < 4.78 is 15.4. The largest absolute Gasteiger partial charge is 0.361 e. The Bertz CT molecular complexity index is 836. The topological polar surface area (TPSA) is 49.8 Å². The number of H-pyrrole nitrogens is 1. The molecule has 2 N–H and O–H groups in total. The quantitative estimate of drug-likeness (QED) is 0.669. The second-order valence-corrected chi connectivity index (χ2v) is 6.82. The highest BCUT2D eigenvalue weighted by atomic mass is 19.1. The number of nitrogens with one attached hydrogen (secondary N) is 2. The first-order valence-corrected chi connectivity index (χ1v) is 8.70. The predicted molar refractivity (Wildman–Crippen MR) is 97.9 cm³/mol. The Balaban J connectivity index is 1.63. The molecule has 0 aliphatic carbocycles. The van der Waals surface area contributed by atoms with E-state index in [9.17, 15) is 9.18 Å². The fourth-order valence-electron chi connectivity index (χ4n) is 3.16. The van der Waals surface area contributed by atoms with Crippen LogP contribution >= 0.6 is 0 Å². The van der Waals surface area contributed by atoms with E-state index in [1.807, 2.05) is 35.3 Å². The van der Waals surface area contributed by atoms with Gasteiger partial charge in [-0.05, 0) is 54.7 Å². The molecule has 0 radical (unpaired) electrons. The van der Waals surface area contributed by atoms with Gasteiger partial charge in [-0.25, -0.2) is 4.39 Å². The smallest absolute Gasteiger partial charge is 0.243 e. The fraction of sp³-hybridized carbons (Fsp3) is 0.350. The number of nitrogens with zero attached hydrogens (tertiary/aromatic N) is 1. The molecule has 1 amide bonds. The van der Waals surface area contributed by atoms with Gasteiger partial charge in [0.25, 0.3) is 0 Å². The van der Waals surface area contributed by atoms with Gasteiger partial charge in [-0.2, -0.15) is 0 Å². The minimum Gasteiger partial charge on any atom is -0.361 e. The zero-order valence-electron chi connectivity index (χ0n) is 14.6. The molecule has 0 aliphatic heterocycles. The van der Waals surface area contributed by atoms with Crippen LogP contribution in [-0.4, -0.2) is 22.0 Å². The number of aromatic amines is 1. The van der Waals surface area contributed by atoms with Crippen molar-refractivity contribution in [2.24, 2.45) is 5.92 Å². The molecule has 0 bridgehead atoms. The molecule has 0 saturated heterocycles. The third kappa shape index (κ3) is 4.10. The van der Waals surface area contributed by atoms with E-state index in [2.05, 4.69) is 24.1 Å². The predicted octanol–water partition coefficient (Wildman–Crippen LogP) is 4.05. The van der Waals surface area contributed by atoms with E-state index in [4.69, 9.17) is 0 Å². The molecule has 0 saturated carbocycles. The van der Waals surface area contributed by atoms with Gasteiger partial charge in [0.2, 0.25) is 5.91 Å². The van der Waals surface area contributed by atoms with Gasteiger partial charge in [0.15, 0.2) is 0 Å². The summed E-state index contributed by atoms with van der Waals surface area (Å²) in [6, 6.07) is 8.37. The van der Waals surface area contributed by atoms with Crippen LogP contribution in [0.3, 0.4) is 0 Å². The molecule has 3 aromatic rings. The molecule has 2 aromatic heterocycles. The molecule has 1 atom stereocenters. The van der Waals surface area contributed by atoms with Crippen molar-refractivity contribution in [3.8, 4) is 0 Å². The Morgan fingerprint density at radius 2 is 2.04 bits per heavy atom. The standard InChI is InChI=1S/C20H24FN3O/c1-14(2)11-19(24-9-3-4-10-24)20(25)22-8-7-15-13-23-18-6-5-16(21)12-17(15)18/h3-6,9-10,12-14,19,23H,7-8,11H2,1-2H3,(H,22,25)/t19-/m1/s1. The fourth-order valence-corrected chi connectivity index (χ4v) is 3.16. The number of halogens is 1. The molecule has 5 heteroatoms. The zero-order chi connectivity index (χ0) is 17.8. The number of amides is 1. The molecule has 0 fully saturated rings. The number of fused-ring (bicyclic) bond motifs is 1. The molecule has 4 nitrogen and oxygen atoms in total. The second-order valence-electron chi connectivity index (χ2n) is 6.82. The van der Waals surface area contributed by atoms with Crippen LogP contribution < -0.4 is 5.32 Å². The van der Waals surface area contributed by atoms with E-state index >= 15 is 0 Å². The second kappa shape index (κ2) is 7.55. The van der Waals surface area contributed by atoms with Crippen LogP contribution in [0.1, 0.15) is 31.9 Å². The third-order valence-electron chi connectivity index (χ3n) is 4.41. The van der Waals surface area contributed by atoms with Crippen molar-refractivity contribution in [1.29, 1.82) is 0 Å². The minimum atomic E-state index is -0.248. The Morgan fingerprint density at radius 1 is 1.28 bits per heavy atom. The highest BCUT2D eigenvalue weighted by molar-refractivity contribution is 5.83. The number of carbonyl (C=O) groups excluding carboxylic acids is 1. The highest BCUT2D eigenvalue weighted by Crippen LogP contribution is 2.20. The average Bonchev–Trinajstić information content (AvgIpc) is 3.22. The van der Waals surface area contributed by atoms with Gasteiger partial charge in [-0.3, -0.25) is 4.79 Å². The number of hydrogen-bond acceptors (Lipinski definition) is 1. The van der Waals surface area contributed by atoms with Crippen LogP contribution in [0.15, 0.2) is 48.9 Å². The SMILES string of the molecule is CC(C)C[C@H](C(=O)NCCc1c[nH]c2ccc(F)cc12)n1cccc1. The Kier molecular flexibility index (Phi) is 5.22. The van der Waals surface area contributed by atoms with Crippen molar-refractivity contribution in [2.45, 2.75) is 32.7 Å². The summed E-state index contributed by atoms with van der Waals surface area (Å²) in [5.41, 5.74) is 1.92. The first kappa shape index (κ1) is 17.3. The number of hydrogen-bond donors (Lipinski definition) is 2. The van der Waals surface area contributed by atoms with Gasteiger partial charge >= 0.3 is 0 Å². The van der Waals surface area contributed by atoms with Crippen LogP contribution in [0.25, 0.3) is 10.9 Å². The monoisotopic (exact) mass is 341 g/mol. The summed E-state index contributed by atoms with van der Waals surface area (Å²) >= 11 is 0. The Hall–Kier alpha value is -2.56. The summed E-state index contributed by atoms with van der Waals surface area (Å²) in [4.78, 5) is 15.8. The number of carbonyl (C=O) groups is 1. The third-order valence-corrected chi connectivity index (χ3v) is 4.41. The van der Waals surface area contributed by atoms with Crippen molar-refractivity contribution in [3.63, 3.8) is 0 Å². The van der Waals surface area contributed by atoms with Crippen LogP contribution in [-0.2, 0) is 11.2 Å². The van der Waals surface area contributed by atoms with E-state index in [-0.39, 0.29) is 17.8 Å². The molecule has 1 aromatic carbocycles. The van der Waals surface area contributed by atoms with Gasteiger partial charge in [0, 0.05) is 36.0 Å². The maximum absolute atomic E-state index is 13.4. The molecule has 3 rings (SSSR count). The number of rotatable bonds is 7. The molecule has 2 heterocycles. The summed E-state index contributed by atoms with van der Waals surface area (Å²) in [6.07, 6.45) is 7.19. The van der Waals surface area contributed by atoms with Gasteiger partial charge in [-0.1, -0.05) is 13.8 Å². The molecular formula is C20H24FN3O. The van der Waals surface area contributed by atoms with E-state index in [0.29, 0.717) is 18.9 Å². The molecule has 0 spiro atoms. The maximum atomic E-state index is 13.4. The zero-order valence-corrected chi connectivity index (χ0v) is 14.6. The lowest BCUT2D eigenvalue weighted by atomic mass is 10.0. The summed E-state index contributed by atoms with van der Waals surface area (Å²) in [6.45, 7) is 4.76. The van der Waals surface area contributed by atoms with Crippen LogP contribution in [0.5, 0.6) is 0 Å². The molecule has 25 heavy (non-hydrogen) atoms. The van der Waals surface area contributed by atoms with Gasteiger partial charge in [0.1, 0.15) is 11.9 Å². The van der Waals surface area contributed by atoms with Crippen molar-refractivity contribution < 1.29 is 9.18 Å². The molecule has 0 aliphatic rings. The molecule has 0 unspecified atom stereocenters. The van der Waals surface area contributed by atoms with Crippen LogP contribution in [0.4, 0.5) is 4.39 Å². The lowest BCUT2D eigenvalue weighted by Gasteiger charge is -2.20. The lowest BCUT2D eigenvalue weighted by Crippen LogP contribution is -2.34. The van der Waals surface area contributed by atoms with E-state index < -0.39 is 0 Å². The molecule has 132 valence electrons. The Morgan fingerprint density at radius 3 is 2.76 bits per heavy atom. The van der Waals surface area contributed by atoms with Crippen LogP contribution in [0, 0.1) is 11.7 Å². The normalized spacial score (nSPS) is 12.6. The first-order chi connectivity index (χ1) is 12.0. The maximum Gasteiger partial charge on any atom is 0.243 e. The van der Waals surface area contributed by atoms with Crippen molar-refractivity contribution >= 4 is 16.8 Å².